The van der Waals surface area contributed by atoms with Gasteiger partial charge in [-0.15, -0.1) is 10.2 Å². The predicted molar refractivity (Wildman–Crippen MR) is 124 cm³/mol. The number of rotatable bonds is 12. The summed E-state index contributed by atoms with van der Waals surface area (Å²) >= 11 is 4.33. The van der Waals surface area contributed by atoms with Crippen molar-refractivity contribution in [2.24, 2.45) is 11.8 Å². The highest BCUT2D eigenvalue weighted by Gasteiger charge is 2.23. The van der Waals surface area contributed by atoms with Gasteiger partial charge in [-0.1, -0.05) is 39.0 Å². The van der Waals surface area contributed by atoms with Gasteiger partial charge < -0.3 is 10.2 Å². The van der Waals surface area contributed by atoms with Crippen molar-refractivity contribution >= 4 is 24.4 Å². The quantitative estimate of drug-likeness (QED) is 0.435. The smallest absolute Gasteiger partial charge is 0.224 e. The first-order valence-electron chi connectivity index (χ1n) is 10.9. The second-order valence-electron chi connectivity index (χ2n) is 8.31. The number of nitrogens with one attached hydrogen (secondary N) is 2. The lowest BCUT2D eigenvalue weighted by atomic mass is 9.98. The largest absolute Gasteiger partial charge is 0.354 e. The van der Waals surface area contributed by atoms with Gasteiger partial charge in [0, 0.05) is 42.8 Å². The van der Waals surface area contributed by atoms with E-state index in [1.165, 1.54) is 0 Å². The van der Waals surface area contributed by atoms with Gasteiger partial charge in [-0.3, -0.25) is 9.59 Å². The molecule has 0 aliphatic carbocycles. The van der Waals surface area contributed by atoms with Gasteiger partial charge >= 0.3 is 0 Å². The summed E-state index contributed by atoms with van der Waals surface area (Å²) in [5.41, 5.74) is 1.80. The summed E-state index contributed by atoms with van der Waals surface area (Å²) in [6.07, 6.45) is 2.04. The van der Waals surface area contributed by atoms with Crippen LogP contribution >= 0.6 is 12.6 Å². The number of thiol groups is 1. The molecule has 0 spiro atoms. The maximum atomic E-state index is 12.8. The molecule has 31 heavy (non-hydrogen) atoms. The van der Waals surface area contributed by atoms with Gasteiger partial charge in [0.2, 0.25) is 17.6 Å². The number of aromatic nitrogens is 4. The summed E-state index contributed by atoms with van der Waals surface area (Å²) in [5, 5.41) is 17.1. The van der Waals surface area contributed by atoms with Gasteiger partial charge in [0.05, 0.1) is 0 Å². The SMILES string of the molecule is CCCC(=O)N(Cc1cccc(-c2nn[nH]n2)c1)[C@@H](C)CNC(=O)C(CS)CC(C)C. The van der Waals surface area contributed by atoms with E-state index in [9.17, 15) is 9.59 Å². The molecule has 170 valence electrons. The first-order chi connectivity index (χ1) is 14.8. The van der Waals surface area contributed by atoms with Crippen LogP contribution in [0.15, 0.2) is 24.3 Å². The minimum atomic E-state index is -0.142. The second kappa shape index (κ2) is 12.4. The van der Waals surface area contributed by atoms with E-state index in [1.807, 2.05) is 43.0 Å². The molecule has 2 aromatic rings. The third-order valence-electron chi connectivity index (χ3n) is 5.12. The van der Waals surface area contributed by atoms with Crippen molar-refractivity contribution in [3.05, 3.63) is 29.8 Å². The van der Waals surface area contributed by atoms with Crippen LogP contribution in [0.5, 0.6) is 0 Å². The van der Waals surface area contributed by atoms with Gasteiger partial charge in [-0.25, -0.2) is 0 Å². The van der Waals surface area contributed by atoms with Crippen LogP contribution in [0.2, 0.25) is 0 Å². The normalized spacial score (nSPS) is 13.1. The van der Waals surface area contributed by atoms with Crippen LogP contribution in [0, 0.1) is 11.8 Å². The first kappa shape index (κ1) is 24.8. The zero-order valence-corrected chi connectivity index (χ0v) is 19.7. The highest BCUT2D eigenvalue weighted by atomic mass is 32.1. The zero-order chi connectivity index (χ0) is 22.8. The number of H-pyrrole nitrogens is 1. The summed E-state index contributed by atoms with van der Waals surface area (Å²) in [7, 11) is 0. The molecule has 0 saturated heterocycles. The number of benzene rings is 1. The van der Waals surface area contributed by atoms with Crippen molar-refractivity contribution in [2.75, 3.05) is 12.3 Å². The van der Waals surface area contributed by atoms with Crippen molar-refractivity contribution in [2.45, 2.75) is 59.5 Å². The van der Waals surface area contributed by atoms with E-state index in [0.29, 0.717) is 37.0 Å². The van der Waals surface area contributed by atoms with E-state index in [2.05, 4.69) is 52.4 Å². The summed E-state index contributed by atoms with van der Waals surface area (Å²) in [4.78, 5) is 27.3. The van der Waals surface area contributed by atoms with Gasteiger partial charge in [0.15, 0.2) is 0 Å². The Bertz CT molecular complexity index is 827. The molecule has 1 aromatic heterocycles. The van der Waals surface area contributed by atoms with Crippen LogP contribution in [0.4, 0.5) is 0 Å². The predicted octanol–water partition coefficient (Wildman–Crippen LogP) is 3.09. The van der Waals surface area contributed by atoms with E-state index in [1.54, 1.807) is 0 Å². The number of nitrogens with zero attached hydrogens (tertiary/aromatic N) is 4. The maximum Gasteiger partial charge on any atom is 0.224 e. The summed E-state index contributed by atoms with van der Waals surface area (Å²) < 4.78 is 0. The van der Waals surface area contributed by atoms with E-state index >= 15 is 0 Å². The number of aromatic amines is 1. The van der Waals surface area contributed by atoms with E-state index in [4.69, 9.17) is 0 Å². The minimum absolute atomic E-state index is 0.00227. The molecule has 0 radical (unpaired) electrons. The van der Waals surface area contributed by atoms with Crippen molar-refractivity contribution in [3.8, 4) is 11.4 Å². The topological polar surface area (TPSA) is 104 Å². The molecule has 0 bridgehead atoms. The summed E-state index contributed by atoms with van der Waals surface area (Å²) in [6.45, 7) is 9.00. The summed E-state index contributed by atoms with van der Waals surface area (Å²) in [5.74, 6) is 1.40. The van der Waals surface area contributed by atoms with E-state index in [0.717, 1.165) is 24.0 Å². The molecule has 0 aliphatic rings. The first-order valence-corrected chi connectivity index (χ1v) is 11.5. The molecule has 1 aromatic carbocycles. The zero-order valence-electron chi connectivity index (χ0n) is 18.8. The fourth-order valence-electron chi connectivity index (χ4n) is 3.47. The summed E-state index contributed by atoms with van der Waals surface area (Å²) in [6, 6.07) is 7.61. The fraction of sp³-hybridized carbons (Fsp3) is 0.591. The Balaban J connectivity index is 2.08. The average Bonchev–Trinajstić information content (AvgIpc) is 3.29. The Morgan fingerprint density at radius 2 is 2.03 bits per heavy atom. The number of tetrazole rings is 1. The van der Waals surface area contributed by atoms with Crippen LogP contribution in [0.25, 0.3) is 11.4 Å². The number of carbonyl (C=O) groups excluding carboxylic acids is 2. The van der Waals surface area contributed by atoms with Crippen LogP contribution < -0.4 is 5.32 Å². The minimum Gasteiger partial charge on any atom is -0.354 e. The Hall–Kier alpha value is -2.42. The van der Waals surface area contributed by atoms with Gasteiger partial charge in [0.1, 0.15) is 0 Å². The van der Waals surface area contributed by atoms with Gasteiger partial charge in [0.25, 0.3) is 0 Å². The molecule has 0 saturated carbocycles. The van der Waals surface area contributed by atoms with E-state index < -0.39 is 0 Å². The molecular weight excluding hydrogens is 412 g/mol. The van der Waals surface area contributed by atoms with Crippen LogP contribution in [0.3, 0.4) is 0 Å². The van der Waals surface area contributed by atoms with Gasteiger partial charge in [-0.2, -0.15) is 17.8 Å². The number of carbonyl (C=O) groups is 2. The Morgan fingerprint density at radius 1 is 1.26 bits per heavy atom. The molecule has 9 heteroatoms. The molecule has 2 amide bonds. The highest BCUT2D eigenvalue weighted by molar-refractivity contribution is 7.80. The van der Waals surface area contributed by atoms with Crippen LogP contribution in [0.1, 0.15) is 52.5 Å². The van der Waals surface area contributed by atoms with Gasteiger partial charge in [-0.05, 0) is 42.5 Å². The molecule has 2 N–H and O–H groups in total. The lowest BCUT2D eigenvalue weighted by Gasteiger charge is -2.30. The van der Waals surface area contributed by atoms with Crippen molar-refractivity contribution < 1.29 is 9.59 Å². The lowest BCUT2D eigenvalue weighted by molar-refractivity contribution is -0.134. The Labute approximate surface area is 190 Å². The fourth-order valence-corrected chi connectivity index (χ4v) is 3.79. The van der Waals surface area contributed by atoms with E-state index in [-0.39, 0.29) is 23.8 Å². The van der Waals surface area contributed by atoms with Crippen molar-refractivity contribution in [1.82, 2.24) is 30.8 Å². The number of hydrogen-bond acceptors (Lipinski definition) is 6. The number of hydrogen-bond donors (Lipinski definition) is 3. The third kappa shape index (κ3) is 7.65. The molecule has 0 fully saturated rings. The van der Waals surface area contributed by atoms with Crippen LogP contribution in [-0.4, -0.2) is 55.7 Å². The molecule has 1 unspecified atom stereocenters. The maximum absolute atomic E-state index is 12.8. The standard InChI is InChI=1S/C22H34N6O2S/c1-5-7-20(29)28(16(4)12-23-22(30)19(14-31)10-15(2)3)13-17-8-6-9-18(11-17)21-24-26-27-25-21/h6,8-9,11,15-16,19,31H,5,7,10,12-14H2,1-4H3,(H,23,30)(H,24,25,26,27)/t16-,19?/m0/s1. The average molecular weight is 447 g/mol. The second-order valence-corrected chi connectivity index (χ2v) is 8.68. The van der Waals surface area contributed by atoms with Crippen LogP contribution in [-0.2, 0) is 16.1 Å². The lowest BCUT2D eigenvalue weighted by Crippen LogP contribution is -2.46. The van der Waals surface area contributed by atoms with Crippen molar-refractivity contribution in [1.29, 1.82) is 0 Å². The molecule has 2 rings (SSSR count). The molecular formula is C22H34N6O2S. The molecule has 1 heterocycles. The molecule has 8 nitrogen and oxygen atoms in total. The third-order valence-corrected chi connectivity index (χ3v) is 5.56. The molecule has 2 atom stereocenters. The monoisotopic (exact) mass is 446 g/mol. The highest BCUT2D eigenvalue weighted by Crippen LogP contribution is 2.18. The number of amides is 2. The molecule has 0 aliphatic heterocycles. The van der Waals surface area contributed by atoms with Crippen molar-refractivity contribution in [3.63, 3.8) is 0 Å². The Morgan fingerprint density at radius 3 is 2.65 bits per heavy atom. The Kier molecular flexibility index (Phi) is 9.97.